The summed E-state index contributed by atoms with van der Waals surface area (Å²) < 4.78 is 17.7. The van der Waals surface area contributed by atoms with Crippen molar-refractivity contribution in [2.45, 2.75) is 57.8 Å². The van der Waals surface area contributed by atoms with Crippen molar-refractivity contribution < 1.29 is 23.8 Å². The number of benzene rings is 4. The van der Waals surface area contributed by atoms with Crippen molar-refractivity contribution in [3.05, 3.63) is 118 Å². The Morgan fingerprint density at radius 3 is 2.33 bits per heavy atom. The molecule has 0 bridgehead atoms. The number of rotatable bonds is 8. The molecule has 4 aromatic carbocycles. The molecule has 0 spiro atoms. The molecule has 0 N–H and O–H groups in total. The molecule has 5 rings (SSSR count). The van der Waals surface area contributed by atoms with Crippen LogP contribution in [0.15, 0.2) is 91.0 Å². The second-order valence-corrected chi connectivity index (χ2v) is 12.4. The lowest BCUT2D eigenvalue weighted by molar-refractivity contribution is -0.0359. The molecule has 0 saturated carbocycles. The largest absolute Gasteiger partial charge is 0.462 e. The number of piperidine rings is 1. The monoisotopic (exact) mass is 599 g/mol. The first-order chi connectivity index (χ1) is 20.7. The molecule has 43 heavy (non-hydrogen) atoms. The van der Waals surface area contributed by atoms with E-state index in [0.29, 0.717) is 36.7 Å². The lowest BCUT2D eigenvalue weighted by atomic mass is 9.86. The standard InChI is InChI=1S/C36H38ClNO5/c1-36(2,3)43-35(40)38-20-18-30(33(23-38)42-24-26-14-15-27-8-4-5-9-29(27)22-26)28-16-12-25(13-17-28)19-21-41-34(39)31-10-6-7-11-32(31)37/h4-17,22,30,33H,18-21,23-24H2,1-3H3. The van der Waals surface area contributed by atoms with Crippen molar-refractivity contribution in [3.8, 4) is 0 Å². The third-order valence-corrected chi connectivity index (χ3v) is 7.94. The van der Waals surface area contributed by atoms with Gasteiger partial charge in [-0.15, -0.1) is 0 Å². The summed E-state index contributed by atoms with van der Waals surface area (Å²) in [6.07, 6.45) is 0.841. The molecule has 4 aromatic rings. The van der Waals surface area contributed by atoms with Crippen molar-refractivity contribution in [3.63, 3.8) is 0 Å². The minimum Gasteiger partial charge on any atom is -0.462 e. The highest BCUT2D eigenvalue weighted by Gasteiger charge is 2.35. The number of likely N-dealkylation sites (tertiary alicyclic amines) is 1. The van der Waals surface area contributed by atoms with E-state index in [2.05, 4.69) is 54.6 Å². The first-order valence-corrected chi connectivity index (χ1v) is 15.1. The first-order valence-electron chi connectivity index (χ1n) is 14.7. The van der Waals surface area contributed by atoms with Gasteiger partial charge in [0.15, 0.2) is 0 Å². The van der Waals surface area contributed by atoms with Gasteiger partial charge < -0.3 is 19.1 Å². The van der Waals surface area contributed by atoms with Crippen LogP contribution in [0.5, 0.6) is 0 Å². The Kier molecular flexibility index (Phi) is 9.69. The molecule has 6 nitrogen and oxygen atoms in total. The van der Waals surface area contributed by atoms with Gasteiger partial charge in [0.05, 0.1) is 36.4 Å². The van der Waals surface area contributed by atoms with Gasteiger partial charge in [0.2, 0.25) is 0 Å². The minimum atomic E-state index is -0.563. The Morgan fingerprint density at radius 2 is 1.58 bits per heavy atom. The number of nitrogens with zero attached hydrogens (tertiary/aromatic N) is 1. The number of esters is 1. The summed E-state index contributed by atoms with van der Waals surface area (Å²) in [5.41, 5.74) is 3.12. The van der Waals surface area contributed by atoms with E-state index < -0.39 is 11.6 Å². The molecule has 1 heterocycles. The van der Waals surface area contributed by atoms with E-state index in [4.69, 9.17) is 25.8 Å². The second-order valence-electron chi connectivity index (χ2n) is 12.0. The van der Waals surface area contributed by atoms with Crippen LogP contribution in [0.4, 0.5) is 4.79 Å². The van der Waals surface area contributed by atoms with Crippen LogP contribution in [0.3, 0.4) is 0 Å². The predicted octanol–water partition coefficient (Wildman–Crippen LogP) is 8.20. The van der Waals surface area contributed by atoms with Crippen LogP contribution in [0.2, 0.25) is 5.02 Å². The Hall–Kier alpha value is -3.87. The lowest BCUT2D eigenvalue weighted by Crippen LogP contribution is -2.48. The number of carbonyl (C=O) groups excluding carboxylic acids is 2. The summed E-state index contributed by atoms with van der Waals surface area (Å²) in [7, 11) is 0. The Labute approximate surface area is 258 Å². The predicted molar refractivity (Wildman–Crippen MR) is 170 cm³/mol. The smallest absolute Gasteiger partial charge is 0.410 e. The van der Waals surface area contributed by atoms with Crippen LogP contribution in [0.25, 0.3) is 10.8 Å². The Balaban J connectivity index is 1.25. The van der Waals surface area contributed by atoms with Crippen molar-refractivity contribution >= 4 is 34.4 Å². The number of carbonyl (C=O) groups is 2. The van der Waals surface area contributed by atoms with Gasteiger partial charge in [-0.05, 0) is 72.9 Å². The van der Waals surface area contributed by atoms with E-state index in [1.807, 2.05) is 32.9 Å². The van der Waals surface area contributed by atoms with E-state index in [1.54, 1.807) is 29.2 Å². The quantitative estimate of drug-likeness (QED) is 0.191. The fraction of sp³-hybridized carbons (Fsp3) is 0.333. The van der Waals surface area contributed by atoms with Gasteiger partial charge in [-0.2, -0.15) is 0 Å². The van der Waals surface area contributed by atoms with Crippen LogP contribution < -0.4 is 0 Å². The van der Waals surface area contributed by atoms with Gasteiger partial charge in [-0.3, -0.25) is 0 Å². The van der Waals surface area contributed by atoms with Crippen molar-refractivity contribution in [1.29, 1.82) is 0 Å². The van der Waals surface area contributed by atoms with E-state index in [-0.39, 0.29) is 24.7 Å². The van der Waals surface area contributed by atoms with Crippen LogP contribution >= 0.6 is 11.6 Å². The molecule has 224 valence electrons. The Morgan fingerprint density at radius 1 is 0.884 bits per heavy atom. The van der Waals surface area contributed by atoms with Gasteiger partial charge in [-0.25, -0.2) is 9.59 Å². The zero-order valence-corrected chi connectivity index (χ0v) is 25.7. The molecule has 2 unspecified atom stereocenters. The number of halogens is 1. The van der Waals surface area contributed by atoms with E-state index in [1.165, 1.54) is 10.8 Å². The third-order valence-electron chi connectivity index (χ3n) is 7.61. The van der Waals surface area contributed by atoms with Gasteiger partial charge >= 0.3 is 12.1 Å². The number of fused-ring (bicyclic) bond motifs is 1. The van der Waals surface area contributed by atoms with Crippen molar-refractivity contribution in [2.24, 2.45) is 0 Å². The Bertz CT molecular complexity index is 1560. The molecule has 1 amide bonds. The van der Waals surface area contributed by atoms with Gasteiger partial charge in [-0.1, -0.05) is 84.4 Å². The summed E-state index contributed by atoms with van der Waals surface area (Å²) in [6, 6.07) is 29.9. The molecule has 1 aliphatic rings. The zero-order valence-electron chi connectivity index (χ0n) is 24.9. The molecule has 0 aromatic heterocycles. The third kappa shape index (κ3) is 8.15. The van der Waals surface area contributed by atoms with E-state index >= 15 is 0 Å². The molecule has 0 aliphatic carbocycles. The molecule has 1 saturated heterocycles. The van der Waals surface area contributed by atoms with Crippen molar-refractivity contribution in [1.82, 2.24) is 4.90 Å². The number of hydrogen-bond acceptors (Lipinski definition) is 5. The number of ether oxygens (including phenoxy) is 3. The maximum Gasteiger partial charge on any atom is 0.410 e. The molecule has 0 radical (unpaired) electrons. The molecule has 2 atom stereocenters. The maximum atomic E-state index is 12.9. The average Bonchev–Trinajstić information content (AvgIpc) is 2.99. The molecular formula is C36H38ClNO5. The summed E-state index contributed by atoms with van der Waals surface area (Å²) >= 11 is 6.11. The van der Waals surface area contributed by atoms with Crippen LogP contribution in [-0.2, 0) is 27.2 Å². The molecule has 7 heteroatoms. The van der Waals surface area contributed by atoms with Gasteiger partial charge in [0.25, 0.3) is 0 Å². The van der Waals surface area contributed by atoms with Crippen molar-refractivity contribution in [2.75, 3.05) is 19.7 Å². The maximum absolute atomic E-state index is 12.9. The SMILES string of the molecule is CC(C)(C)OC(=O)N1CCC(c2ccc(CCOC(=O)c3ccccc3Cl)cc2)C(OCc2ccc3ccccc3c2)C1. The summed E-state index contributed by atoms with van der Waals surface area (Å²) in [5.74, 6) is -0.309. The molecule has 1 aliphatic heterocycles. The van der Waals surface area contributed by atoms with Gasteiger partial charge in [0, 0.05) is 18.9 Å². The fourth-order valence-corrected chi connectivity index (χ4v) is 5.60. The number of hydrogen-bond donors (Lipinski definition) is 0. The van der Waals surface area contributed by atoms with Crippen LogP contribution in [0.1, 0.15) is 60.2 Å². The average molecular weight is 600 g/mol. The zero-order chi connectivity index (χ0) is 30.4. The fourth-order valence-electron chi connectivity index (χ4n) is 5.39. The van der Waals surface area contributed by atoms with Gasteiger partial charge in [0.1, 0.15) is 5.60 Å². The summed E-state index contributed by atoms with van der Waals surface area (Å²) in [5, 5.41) is 2.75. The summed E-state index contributed by atoms with van der Waals surface area (Å²) in [6.45, 7) is 7.39. The first kappa shape index (κ1) is 30.6. The normalized spacial score (nSPS) is 17.1. The van der Waals surface area contributed by atoms with Crippen LogP contribution in [-0.4, -0.2) is 48.4 Å². The highest BCUT2D eigenvalue weighted by Crippen LogP contribution is 2.32. The van der Waals surface area contributed by atoms with Crippen LogP contribution in [0, 0.1) is 0 Å². The van der Waals surface area contributed by atoms with E-state index in [0.717, 1.165) is 23.1 Å². The lowest BCUT2D eigenvalue weighted by Gasteiger charge is -2.39. The molecular weight excluding hydrogens is 562 g/mol. The second kappa shape index (κ2) is 13.6. The topological polar surface area (TPSA) is 65.1 Å². The molecule has 1 fully saturated rings. The highest BCUT2D eigenvalue weighted by atomic mass is 35.5. The highest BCUT2D eigenvalue weighted by molar-refractivity contribution is 6.33. The number of amides is 1. The van der Waals surface area contributed by atoms with E-state index in [9.17, 15) is 9.59 Å². The summed E-state index contributed by atoms with van der Waals surface area (Å²) in [4.78, 5) is 27.1. The minimum absolute atomic E-state index is 0.117.